The first kappa shape index (κ1) is 27.2. The molecule has 37 heavy (non-hydrogen) atoms. The number of ether oxygens (including phenoxy) is 2. The van der Waals surface area contributed by atoms with E-state index in [9.17, 15) is 14.4 Å². The molecule has 1 saturated carbocycles. The van der Waals surface area contributed by atoms with E-state index in [2.05, 4.69) is 32.3 Å². The minimum atomic E-state index is -0.686. The van der Waals surface area contributed by atoms with Crippen LogP contribution >= 0.6 is 23.1 Å². The average molecular weight is 550 g/mol. The third-order valence-electron chi connectivity index (χ3n) is 6.54. The first-order chi connectivity index (χ1) is 17.8. The number of anilines is 1. The second kappa shape index (κ2) is 12.6. The minimum absolute atomic E-state index is 0.0161. The summed E-state index contributed by atoms with van der Waals surface area (Å²) in [5, 5.41) is 9.11. The van der Waals surface area contributed by atoms with E-state index in [1.165, 1.54) is 7.11 Å². The van der Waals surface area contributed by atoms with Crippen molar-refractivity contribution in [1.29, 1.82) is 0 Å². The fourth-order valence-electron chi connectivity index (χ4n) is 4.10. The van der Waals surface area contributed by atoms with Crippen molar-refractivity contribution in [3.05, 3.63) is 39.9 Å². The summed E-state index contributed by atoms with van der Waals surface area (Å²) >= 11 is 7.23. The van der Waals surface area contributed by atoms with Crippen LogP contribution in [0, 0.1) is 5.92 Å². The van der Waals surface area contributed by atoms with Crippen LogP contribution in [0.2, 0.25) is 5.02 Å². The summed E-state index contributed by atoms with van der Waals surface area (Å²) in [7, 11) is 3.36. The van der Waals surface area contributed by atoms with E-state index in [1.807, 2.05) is 0 Å². The largest absolute Gasteiger partial charge is 0.471 e. The summed E-state index contributed by atoms with van der Waals surface area (Å²) < 4.78 is 14.9. The van der Waals surface area contributed by atoms with Gasteiger partial charge in [-0.25, -0.2) is 9.59 Å². The van der Waals surface area contributed by atoms with Crippen molar-refractivity contribution in [3.8, 4) is 5.88 Å². The number of carbonyl (C=O) groups is 3. The van der Waals surface area contributed by atoms with E-state index in [1.54, 1.807) is 18.2 Å². The van der Waals surface area contributed by atoms with Crippen molar-refractivity contribution in [2.24, 2.45) is 5.92 Å². The number of methoxy groups -OCH3 is 1. The molecule has 2 heterocycles. The molecule has 0 spiro atoms. The maximum atomic E-state index is 12.5. The topological polar surface area (TPSA) is 122 Å². The molecule has 0 bridgehead atoms. The molecule has 4 rings (SSSR count). The minimum Gasteiger partial charge on any atom is -0.471 e. The summed E-state index contributed by atoms with van der Waals surface area (Å²) in [5.41, 5.74) is 1.06. The van der Waals surface area contributed by atoms with Crippen LogP contribution in [-0.4, -0.2) is 67.0 Å². The fraction of sp³-hybridized carbons (Fsp3) is 0.520. The Kier molecular flexibility index (Phi) is 9.23. The maximum Gasteiger partial charge on any atom is 0.346 e. The second-order valence-corrected chi connectivity index (χ2v) is 10.6. The normalized spacial score (nSPS) is 16.2. The molecular weight excluding hydrogens is 518 g/mol. The monoisotopic (exact) mass is 549 g/mol. The number of carbonyl (C=O) groups excluding carboxylic acids is 3. The molecule has 0 atom stereocenters. The Bertz CT molecular complexity index is 1130. The van der Waals surface area contributed by atoms with E-state index >= 15 is 0 Å². The van der Waals surface area contributed by atoms with Crippen LogP contribution in [0.4, 0.5) is 9.80 Å². The maximum absolute atomic E-state index is 12.5. The number of likely N-dealkylation sites (tertiary alicyclic amines) is 1. The van der Waals surface area contributed by atoms with Gasteiger partial charge in [0.05, 0.1) is 7.11 Å². The van der Waals surface area contributed by atoms with Gasteiger partial charge in [-0.05, 0) is 87.9 Å². The molecule has 12 heteroatoms. The van der Waals surface area contributed by atoms with Gasteiger partial charge in [0.1, 0.15) is 11.6 Å². The third kappa shape index (κ3) is 7.56. The first-order valence-electron chi connectivity index (χ1n) is 12.4. The molecule has 1 aliphatic carbocycles. The predicted octanol–water partition coefficient (Wildman–Crippen LogP) is 3.91. The van der Waals surface area contributed by atoms with Gasteiger partial charge in [0, 0.05) is 28.7 Å². The van der Waals surface area contributed by atoms with Crippen LogP contribution in [0.25, 0.3) is 0 Å². The van der Waals surface area contributed by atoms with Gasteiger partial charge in [-0.2, -0.15) is 4.37 Å². The Morgan fingerprint density at radius 1 is 1.19 bits per heavy atom. The predicted molar refractivity (Wildman–Crippen MR) is 142 cm³/mol. The smallest absolute Gasteiger partial charge is 0.346 e. The lowest BCUT2D eigenvalue weighted by Crippen LogP contribution is -2.34. The van der Waals surface area contributed by atoms with Gasteiger partial charge in [0.2, 0.25) is 5.88 Å². The summed E-state index contributed by atoms with van der Waals surface area (Å²) in [6.07, 6.45) is 5.13. The molecule has 2 aromatic rings. The number of nitrogens with one attached hydrogen (secondary N) is 3. The number of rotatable bonds is 10. The summed E-state index contributed by atoms with van der Waals surface area (Å²) in [6, 6.07) is 4.75. The summed E-state index contributed by atoms with van der Waals surface area (Å²) in [6.45, 7) is 2.66. The van der Waals surface area contributed by atoms with Crippen LogP contribution in [0.3, 0.4) is 0 Å². The van der Waals surface area contributed by atoms with Crippen LogP contribution < -0.4 is 20.7 Å². The molecule has 0 unspecified atom stereocenters. The number of hydrogen-bond acceptors (Lipinski definition) is 8. The molecule has 1 aliphatic heterocycles. The fourth-order valence-corrected chi connectivity index (χ4v) is 4.99. The zero-order chi connectivity index (χ0) is 26.4. The van der Waals surface area contributed by atoms with Crippen molar-refractivity contribution in [3.63, 3.8) is 0 Å². The molecule has 3 N–H and O–H groups in total. The van der Waals surface area contributed by atoms with E-state index in [4.69, 9.17) is 21.1 Å². The number of amides is 3. The van der Waals surface area contributed by atoms with Gasteiger partial charge in [-0.1, -0.05) is 11.6 Å². The molecule has 1 aromatic carbocycles. The van der Waals surface area contributed by atoms with Crippen LogP contribution in [0.15, 0.2) is 18.2 Å². The standard InChI is InChI=1S/C25H32ClN5O5S/c1-31-11-8-15(9-12-31)7-10-27-25(34)29-23-20(24(33)35-2)22(30-37-23)36-14-17-13-16(3-6-19(17)26)21(32)28-18-4-5-18/h3,6,13,15,18H,4-5,7-12,14H2,1-2H3,(H,28,32)(H2,27,29,34). The first-order valence-corrected chi connectivity index (χ1v) is 13.5. The Morgan fingerprint density at radius 3 is 2.65 bits per heavy atom. The van der Waals surface area contributed by atoms with Crippen LogP contribution in [-0.2, 0) is 11.3 Å². The summed E-state index contributed by atoms with van der Waals surface area (Å²) in [5.74, 6) is -0.246. The Balaban J connectivity index is 1.35. The number of aromatic nitrogens is 1. The van der Waals surface area contributed by atoms with Crippen molar-refractivity contribution in [2.45, 2.75) is 44.8 Å². The highest BCUT2D eigenvalue weighted by Gasteiger charge is 2.26. The van der Waals surface area contributed by atoms with E-state index in [0.717, 1.165) is 56.7 Å². The lowest BCUT2D eigenvalue weighted by Gasteiger charge is -2.28. The molecule has 200 valence electrons. The van der Waals surface area contributed by atoms with Crippen LogP contribution in [0.1, 0.15) is 58.4 Å². The van der Waals surface area contributed by atoms with Gasteiger partial charge < -0.3 is 25.0 Å². The van der Waals surface area contributed by atoms with Crippen LogP contribution in [0.5, 0.6) is 5.88 Å². The van der Waals surface area contributed by atoms with Crippen molar-refractivity contribution >= 4 is 46.0 Å². The molecule has 1 aromatic heterocycles. The van der Waals surface area contributed by atoms with E-state index in [-0.39, 0.29) is 35.0 Å². The molecule has 0 radical (unpaired) electrons. The molecular formula is C25H32ClN5O5S. The number of hydrogen-bond donors (Lipinski definition) is 3. The van der Waals surface area contributed by atoms with Gasteiger partial charge in [-0.15, -0.1) is 0 Å². The highest BCUT2D eigenvalue weighted by atomic mass is 35.5. The van der Waals surface area contributed by atoms with Gasteiger partial charge in [0.25, 0.3) is 5.91 Å². The molecule has 3 amide bonds. The number of benzene rings is 1. The highest BCUT2D eigenvalue weighted by molar-refractivity contribution is 7.11. The molecule has 10 nitrogen and oxygen atoms in total. The van der Waals surface area contributed by atoms with Crippen molar-refractivity contribution < 1.29 is 23.9 Å². The molecule has 1 saturated heterocycles. The van der Waals surface area contributed by atoms with Gasteiger partial charge in [0.15, 0.2) is 5.56 Å². The number of esters is 1. The number of nitrogens with zero attached hydrogens (tertiary/aromatic N) is 2. The average Bonchev–Trinajstić information content (AvgIpc) is 3.62. The second-order valence-electron chi connectivity index (χ2n) is 9.44. The Hall–Kier alpha value is -2.89. The zero-order valence-electron chi connectivity index (χ0n) is 21.0. The Labute approximate surface area is 225 Å². The zero-order valence-corrected chi connectivity index (χ0v) is 22.5. The summed E-state index contributed by atoms with van der Waals surface area (Å²) in [4.78, 5) is 39.7. The number of urea groups is 1. The van der Waals surface area contributed by atoms with Crippen molar-refractivity contribution in [2.75, 3.05) is 39.1 Å². The van der Waals surface area contributed by atoms with Gasteiger partial charge >= 0.3 is 12.0 Å². The third-order valence-corrected chi connectivity index (χ3v) is 7.65. The lowest BCUT2D eigenvalue weighted by molar-refractivity contribution is 0.0596. The Morgan fingerprint density at radius 2 is 1.95 bits per heavy atom. The van der Waals surface area contributed by atoms with E-state index < -0.39 is 12.0 Å². The molecule has 2 aliphatic rings. The lowest BCUT2D eigenvalue weighted by atomic mass is 9.94. The van der Waals surface area contributed by atoms with E-state index in [0.29, 0.717) is 28.6 Å². The molecule has 2 fully saturated rings. The van der Waals surface area contributed by atoms with Gasteiger partial charge in [-0.3, -0.25) is 10.1 Å². The quantitative estimate of drug-likeness (QED) is 0.384. The SMILES string of the molecule is COC(=O)c1c(OCc2cc(C(=O)NC3CC3)ccc2Cl)nsc1NC(=O)NCCC1CCN(C)CC1. The number of halogens is 1. The highest BCUT2D eigenvalue weighted by Crippen LogP contribution is 2.32. The number of piperidine rings is 1. The van der Waals surface area contributed by atoms with Crippen molar-refractivity contribution in [1.82, 2.24) is 19.9 Å².